The number of carboxylic acid groups (broad SMARTS) is 1. The fraction of sp³-hybridized carbons (Fsp3) is 0.467. The monoisotopic (exact) mass is 337 g/mol. The molecule has 2 aromatic rings. The quantitative estimate of drug-likeness (QED) is 0.619. The number of benzene rings is 1. The molecule has 0 spiro atoms. The molecule has 0 amide bonds. The maximum atomic E-state index is 11.9. The number of hydrogen-bond donors (Lipinski definition) is 1. The molecule has 2 heterocycles. The summed E-state index contributed by atoms with van der Waals surface area (Å²) < 4.78 is 10.3. The molecule has 1 atom stereocenters. The normalized spacial score (nSPS) is 16.8. The summed E-state index contributed by atoms with van der Waals surface area (Å²) in [6, 6.07) is 8.62. The Morgan fingerprint density at radius 3 is 2.54 bits per heavy atom. The van der Waals surface area contributed by atoms with Crippen LogP contribution < -0.4 is 9.85 Å². The largest absolute Gasteiger partial charge is 0.481 e. The third kappa shape index (κ3) is 3.73. The van der Waals surface area contributed by atoms with E-state index < -0.39 is 18.2 Å². The average Bonchev–Trinajstić information content (AvgIpc) is 3.34. The Morgan fingerprint density at radius 2 is 1.92 bits per heavy atom. The van der Waals surface area contributed by atoms with Gasteiger partial charge in [0.05, 0.1) is 11.5 Å². The number of nitrogens with zero attached hydrogens (tertiary/aromatic N) is 3. The molecule has 24 heavy (non-hydrogen) atoms. The third-order valence-corrected chi connectivity index (χ3v) is 3.84. The smallest absolute Gasteiger partial charge is 0.341 e. The van der Waals surface area contributed by atoms with Crippen LogP contribution in [0.3, 0.4) is 0 Å². The van der Waals surface area contributed by atoms with Crippen molar-refractivity contribution in [2.45, 2.75) is 26.1 Å². The lowest BCUT2D eigenvalue weighted by Gasteiger charge is -2.26. The van der Waals surface area contributed by atoms with Crippen molar-refractivity contribution in [3.63, 3.8) is 0 Å². The van der Waals surface area contributed by atoms with Crippen molar-refractivity contribution in [1.82, 2.24) is 9.98 Å². The second-order valence-electron chi connectivity index (χ2n) is 5.58. The van der Waals surface area contributed by atoms with Crippen LogP contribution in [0.1, 0.15) is 30.1 Å². The van der Waals surface area contributed by atoms with Crippen LogP contribution in [0.25, 0.3) is 0 Å². The highest BCUT2D eigenvalue weighted by Gasteiger charge is 2.30. The summed E-state index contributed by atoms with van der Waals surface area (Å²) in [7, 11) is 0. The molecule has 9 heteroatoms. The summed E-state index contributed by atoms with van der Waals surface area (Å²) in [6.45, 7) is 2.68. The lowest BCUT2D eigenvalue weighted by Crippen LogP contribution is -2.42. The number of aliphatic carboxylic acids is 1. The number of hydrogen-bond acceptors (Lipinski definition) is 6. The first-order chi connectivity index (χ1) is 11.5. The van der Waals surface area contributed by atoms with E-state index >= 15 is 0 Å². The van der Waals surface area contributed by atoms with Gasteiger partial charge >= 0.3 is 11.9 Å². The first kappa shape index (κ1) is 16.0. The molecule has 0 aliphatic carbocycles. The van der Waals surface area contributed by atoms with E-state index in [4.69, 9.17) is 19.3 Å². The van der Waals surface area contributed by atoms with Gasteiger partial charge in [-0.2, -0.15) is 4.63 Å². The van der Waals surface area contributed by atoms with Gasteiger partial charge in [0.25, 0.3) is 6.29 Å². The van der Waals surface area contributed by atoms with E-state index in [-0.39, 0.29) is 5.92 Å². The van der Waals surface area contributed by atoms with Crippen LogP contribution in [0.4, 0.5) is 0 Å². The fourth-order valence-electron chi connectivity index (χ4n) is 2.49. The van der Waals surface area contributed by atoms with E-state index in [2.05, 4.69) is 0 Å². The van der Waals surface area contributed by atoms with Gasteiger partial charge in [0.2, 0.25) is 0 Å². The second-order valence-corrected chi connectivity index (χ2v) is 5.58. The molecule has 1 saturated heterocycles. The van der Waals surface area contributed by atoms with Crippen LogP contribution in [0.5, 0.6) is 0 Å². The molecular weight excluding hydrogens is 318 g/mol. The van der Waals surface area contributed by atoms with Crippen molar-refractivity contribution in [3.8, 4) is 0 Å². The van der Waals surface area contributed by atoms with E-state index in [9.17, 15) is 9.59 Å². The van der Waals surface area contributed by atoms with Gasteiger partial charge in [-0.15, -0.1) is 0 Å². The summed E-state index contributed by atoms with van der Waals surface area (Å²) in [5.41, 5.74) is 0.437. The number of aromatic nitrogens is 2. The molecule has 3 rings (SSSR count). The van der Waals surface area contributed by atoms with Crippen LogP contribution in [-0.4, -0.2) is 46.4 Å². The summed E-state index contributed by atoms with van der Waals surface area (Å²) in [5.74, 6) is -1.57. The molecule has 1 unspecified atom stereocenters. The SMILES string of the molecule is CC(OC(=O)c1ccccc1)On1on1N1CCC(C(=O)O)CC1. The number of piperidine rings is 1. The topological polar surface area (TPSA) is 99.1 Å². The Morgan fingerprint density at radius 1 is 1.25 bits per heavy atom. The number of carboxylic acids is 1. The number of esters is 1. The summed E-state index contributed by atoms with van der Waals surface area (Å²) >= 11 is 0. The van der Waals surface area contributed by atoms with Crippen LogP contribution in [0, 0.1) is 5.92 Å². The summed E-state index contributed by atoms with van der Waals surface area (Å²) in [6.07, 6.45) is 0.252. The molecule has 1 fully saturated rings. The first-order valence-electron chi connectivity index (χ1n) is 7.73. The molecule has 130 valence electrons. The molecule has 0 saturated carbocycles. The Balaban J connectivity index is 1.46. The standard InChI is InChI=1S/C15H19N3O6/c1-11(22-15(21)13-5-3-2-4-6-13)23-18-17(24-18)16-9-7-12(8-10-16)14(19)20/h2-6,11-12H,7-10H2,1H3,(H,19,20). The van der Waals surface area contributed by atoms with Crippen molar-refractivity contribution in [2.75, 3.05) is 18.1 Å². The highest BCUT2D eigenvalue weighted by atomic mass is 17.0. The maximum Gasteiger partial charge on any atom is 0.341 e. The van der Waals surface area contributed by atoms with Gasteiger partial charge in [-0.3, -0.25) is 9.80 Å². The second kappa shape index (κ2) is 6.73. The zero-order chi connectivity index (χ0) is 17.1. The van der Waals surface area contributed by atoms with E-state index in [1.807, 2.05) is 11.1 Å². The fourth-order valence-corrected chi connectivity index (χ4v) is 2.49. The van der Waals surface area contributed by atoms with Crippen molar-refractivity contribution >= 4 is 11.9 Å². The van der Waals surface area contributed by atoms with Crippen LogP contribution in [0.2, 0.25) is 0 Å². The lowest BCUT2D eigenvalue weighted by molar-refractivity contribution is -0.142. The zero-order valence-electron chi connectivity index (χ0n) is 13.2. The Bertz CT molecular complexity index is 680. The summed E-state index contributed by atoms with van der Waals surface area (Å²) in [4.78, 5) is 29.5. The van der Waals surface area contributed by atoms with Gasteiger partial charge in [-0.25, -0.2) is 4.79 Å². The molecule has 9 nitrogen and oxygen atoms in total. The lowest BCUT2D eigenvalue weighted by atomic mass is 9.98. The number of carbonyl (C=O) groups is 2. The van der Waals surface area contributed by atoms with Crippen LogP contribution >= 0.6 is 0 Å². The predicted octanol–water partition coefficient (Wildman–Crippen LogP) is 0.947. The number of rotatable bonds is 6. The third-order valence-electron chi connectivity index (χ3n) is 3.84. The van der Waals surface area contributed by atoms with Gasteiger partial charge in [0.15, 0.2) is 0 Å². The van der Waals surface area contributed by atoms with Gasteiger partial charge in [0.1, 0.15) is 5.02 Å². The molecule has 0 bridgehead atoms. The molecule has 1 aliphatic heterocycles. The highest BCUT2D eigenvalue weighted by Crippen LogP contribution is 2.17. The summed E-state index contributed by atoms with van der Waals surface area (Å²) in [5, 5.41) is 11.9. The minimum atomic E-state index is -0.834. The van der Waals surface area contributed by atoms with Gasteiger partial charge in [-0.05, 0) is 25.0 Å². The minimum Gasteiger partial charge on any atom is -0.481 e. The van der Waals surface area contributed by atoms with Crippen LogP contribution in [0.15, 0.2) is 35.0 Å². The molecule has 1 N–H and O–H groups in total. The van der Waals surface area contributed by atoms with Crippen molar-refractivity contribution in [2.24, 2.45) is 5.92 Å². The zero-order valence-corrected chi connectivity index (χ0v) is 13.2. The average molecular weight is 337 g/mol. The van der Waals surface area contributed by atoms with E-state index in [0.717, 1.165) is 5.02 Å². The Kier molecular flexibility index (Phi) is 4.50. The van der Waals surface area contributed by atoms with Gasteiger partial charge in [-0.1, -0.05) is 18.2 Å². The maximum absolute atomic E-state index is 11.9. The highest BCUT2D eigenvalue weighted by molar-refractivity contribution is 5.89. The van der Waals surface area contributed by atoms with E-state index in [1.165, 1.54) is 4.96 Å². The van der Waals surface area contributed by atoms with Crippen molar-refractivity contribution in [1.29, 1.82) is 0 Å². The first-order valence-corrected chi connectivity index (χ1v) is 7.73. The molecule has 1 aliphatic rings. The Hall–Kier alpha value is -2.84. The van der Waals surface area contributed by atoms with Crippen molar-refractivity contribution < 1.29 is 28.9 Å². The Labute approximate surface area is 137 Å². The number of ether oxygens (including phenoxy) is 1. The molecular formula is C15H19N3O6. The van der Waals surface area contributed by atoms with Gasteiger partial charge in [0, 0.05) is 25.0 Å². The number of carbonyl (C=O) groups excluding carboxylic acids is 1. The predicted molar refractivity (Wildman–Crippen MR) is 80.9 cm³/mol. The molecule has 1 aromatic heterocycles. The van der Waals surface area contributed by atoms with Crippen LogP contribution in [-0.2, 0) is 9.53 Å². The van der Waals surface area contributed by atoms with E-state index in [0.29, 0.717) is 31.5 Å². The minimum absolute atomic E-state index is 0.318. The molecule has 1 aromatic carbocycles. The molecule has 0 radical (unpaired) electrons. The van der Waals surface area contributed by atoms with E-state index in [1.54, 1.807) is 31.2 Å². The van der Waals surface area contributed by atoms with Gasteiger partial charge < -0.3 is 14.7 Å². The van der Waals surface area contributed by atoms with Crippen molar-refractivity contribution in [3.05, 3.63) is 35.9 Å².